The highest BCUT2D eigenvalue weighted by atomic mass is 16.5. The van der Waals surface area contributed by atoms with Gasteiger partial charge in [0.2, 0.25) is 0 Å². The van der Waals surface area contributed by atoms with Crippen molar-refractivity contribution in [3.63, 3.8) is 0 Å². The van der Waals surface area contributed by atoms with Gasteiger partial charge < -0.3 is 19.9 Å². The van der Waals surface area contributed by atoms with E-state index in [-0.39, 0.29) is 0 Å². The average Bonchev–Trinajstić information content (AvgIpc) is 3.21. The second-order valence-corrected chi connectivity index (χ2v) is 6.56. The molecule has 0 bridgehead atoms. The van der Waals surface area contributed by atoms with Crippen molar-refractivity contribution in [1.29, 1.82) is 0 Å². The summed E-state index contributed by atoms with van der Waals surface area (Å²) in [4.78, 5) is 4.66. The molecule has 0 aliphatic rings. The number of aliphatic imine (C=N–C) groups is 1. The molecular formula is C20H32N6O. The summed E-state index contributed by atoms with van der Waals surface area (Å²) in [6.07, 6.45) is 6.65. The van der Waals surface area contributed by atoms with E-state index in [2.05, 4.69) is 51.8 Å². The van der Waals surface area contributed by atoms with Crippen LogP contribution in [0.4, 0.5) is 0 Å². The van der Waals surface area contributed by atoms with Gasteiger partial charge in [-0.25, -0.2) is 0 Å². The third kappa shape index (κ3) is 7.68. The van der Waals surface area contributed by atoms with E-state index < -0.39 is 0 Å². The van der Waals surface area contributed by atoms with Crippen LogP contribution in [0.15, 0.2) is 41.9 Å². The van der Waals surface area contributed by atoms with Crippen molar-refractivity contribution in [2.45, 2.75) is 45.6 Å². The Bertz CT molecular complexity index is 654. The molecule has 0 saturated carbocycles. The lowest BCUT2D eigenvalue weighted by Gasteiger charge is -2.15. The first kappa shape index (κ1) is 20.7. The molecule has 1 aromatic carbocycles. The molecule has 1 aromatic heterocycles. The monoisotopic (exact) mass is 372 g/mol. The third-order valence-electron chi connectivity index (χ3n) is 4.46. The van der Waals surface area contributed by atoms with Crippen LogP contribution in [0.1, 0.15) is 44.6 Å². The Labute approximate surface area is 162 Å². The lowest BCUT2D eigenvalue weighted by Crippen LogP contribution is -2.38. The molecule has 0 saturated heterocycles. The Hall–Kier alpha value is -2.57. The van der Waals surface area contributed by atoms with Gasteiger partial charge in [-0.05, 0) is 49.8 Å². The third-order valence-corrected chi connectivity index (χ3v) is 4.46. The summed E-state index contributed by atoms with van der Waals surface area (Å²) in [7, 11) is 1.69. The number of nitrogens with zero attached hydrogens (tertiary/aromatic N) is 4. The van der Waals surface area contributed by atoms with Crippen LogP contribution in [0.3, 0.4) is 0 Å². The zero-order chi connectivity index (χ0) is 19.3. The number of guanidine groups is 1. The molecule has 7 nitrogen and oxygen atoms in total. The van der Waals surface area contributed by atoms with E-state index in [9.17, 15) is 0 Å². The van der Waals surface area contributed by atoms with Crippen molar-refractivity contribution in [3.05, 3.63) is 42.5 Å². The molecule has 2 N–H and O–H groups in total. The molecule has 148 valence electrons. The number of hydrogen-bond acceptors (Lipinski definition) is 4. The van der Waals surface area contributed by atoms with Crippen molar-refractivity contribution < 1.29 is 4.74 Å². The maximum absolute atomic E-state index is 5.22. The summed E-state index contributed by atoms with van der Waals surface area (Å²) in [5, 5.41) is 14.4. The first-order valence-electron chi connectivity index (χ1n) is 9.71. The fourth-order valence-electron chi connectivity index (χ4n) is 2.78. The number of aromatic nitrogens is 3. The highest BCUT2D eigenvalue weighted by molar-refractivity contribution is 5.79. The molecular weight excluding hydrogens is 340 g/mol. The van der Waals surface area contributed by atoms with Crippen LogP contribution in [0, 0.1) is 0 Å². The van der Waals surface area contributed by atoms with Crippen molar-refractivity contribution in [2.75, 3.05) is 26.7 Å². The molecule has 0 aliphatic carbocycles. The standard InChI is InChI=1S/C20H32N6O/c1-4-21-20(22-12-5-6-14-26-15-24-25-16-26)23-13-11-17(2)18-7-9-19(27-3)10-8-18/h7-10,15-17H,4-6,11-14H2,1-3H3,(H2,21,22,23). The first-order chi connectivity index (χ1) is 13.2. The quantitative estimate of drug-likeness (QED) is 0.360. The molecule has 0 fully saturated rings. The van der Waals surface area contributed by atoms with Gasteiger partial charge in [0.1, 0.15) is 18.4 Å². The molecule has 1 atom stereocenters. The molecule has 2 aromatic rings. The van der Waals surface area contributed by atoms with Crippen LogP contribution in [0.25, 0.3) is 0 Å². The highest BCUT2D eigenvalue weighted by Gasteiger charge is 2.06. The summed E-state index contributed by atoms with van der Waals surface area (Å²) in [6.45, 7) is 7.83. The number of ether oxygens (including phenoxy) is 1. The second kappa shape index (κ2) is 11.9. The van der Waals surface area contributed by atoms with Gasteiger partial charge in [0.15, 0.2) is 5.96 Å². The van der Waals surface area contributed by atoms with Crippen molar-refractivity contribution in [2.24, 2.45) is 4.99 Å². The average molecular weight is 373 g/mol. The maximum Gasteiger partial charge on any atom is 0.191 e. The number of methoxy groups -OCH3 is 1. The predicted molar refractivity (Wildman–Crippen MR) is 109 cm³/mol. The molecule has 1 heterocycles. The van der Waals surface area contributed by atoms with Gasteiger partial charge in [0, 0.05) is 26.2 Å². The predicted octanol–water partition coefficient (Wildman–Crippen LogP) is 2.82. The molecule has 0 amide bonds. The first-order valence-corrected chi connectivity index (χ1v) is 9.71. The largest absolute Gasteiger partial charge is 0.497 e. The van der Waals surface area contributed by atoms with Crippen LogP contribution < -0.4 is 15.4 Å². The van der Waals surface area contributed by atoms with Gasteiger partial charge in [-0.15, -0.1) is 10.2 Å². The zero-order valence-electron chi connectivity index (χ0n) is 16.7. The van der Waals surface area contributed by atoms with Gasteiger partial charge in [-0.1, -0.05) is 19.1 Å². The Kier molecular flexibility index (Phi) is 9.17. The van der Waals surface area contributed by atoms with E-state index >= 15 is 0 Å². The van der Waals surface area contributed by atoms with E-state index in [1.165, 1.54) is 5.56 Å². The van der Waals surface area contributed by atoms with Crippen LogP contribution in [-0.4, -0.2) is 47.5 Å². The van der Waals surface area contributed by atoms with Crippen molar-refractivity contribution in [1.82, 2.24) is 25.4 Å². The second-order valence-electron chi connectivity index (χ2n) is 6.56. The molecule has 1 unspecified atom stereocenters. The van der Waals surface area contributed by atoms with E-state index in [0.717, 1.165) is 57.2 Å². The summed E-state index contributed by atoms with van der Waals surface area (Å²) < 4.78 is 7.21. The topological polar surface area (TPSA) is 76.4 Å². The molecule has 0 aliphatic heterocycles. The Balaban J connectivity index is 1.69. The lowest BCUT2D eigenvalue weighted by atomic mass is 9.98. The summed E-state index contributed by atoms with van der Waals surface area (Å²) in [5.74, 6) is 2.27. The van der Waals surface area contributed by atoms with E-state index in [4.69, 9.17) is 4.74 Å². The fourth-order valence-corrected chi connectivity index (χ4v) is 2.78. The number of rotatable bonds is 11. The molecule has 7 heteroatoms. The smallest absolute Gasteiger partial charge is 0.191 e. The number of nitrogens with one attached hydrogen (secondary N) is 2. The minimum absolute atomic E-state index is 0.482. The fraction of sp³-hybridized carbons (Fsp3) is 0.550. The van der Waals surface area contributed by atoms with E-state index in [1.54, 1.807) is 19.8 Å². The lowest BCUT2D eigenvalue weighted by molar-refractivity contribution is 0.414. The zero-order valence-corrected chi connectivity index (χ0v) is 16.7. The van der Waals surface area contributed by atoms with Gasteiger partial charge in [0.05, 0.1) is 7.11 Å². The summed E-state index contributed by atoms with van der Waals surface area (Å²) >= 11 is 0. The van der Waals surface area contributed by atoms with Crippen molar-refractivity contribution >= 4 is 5.96 Å². The van der Waals surface area contributed by atoms with Gasteiger partial charge in [-0.3, -0.25) is 4.99 Å². The molecule has 0 spiro atoms. The van der Waals surface area contributed by atoms with Crippen LogP contribution in [-0.2, 0) is 6.54 Å². The Morgan fingerprint density at radius 1 is 1.15 bits per heavy atom. The summed E-state index contributed by atoms with van der Waals surface area (Å²) in [5.41, 5.74) is 1.33. The number of unbranched alkanes of at least 4 members (excludes halogenated alkanes) is 1. The van der Waals surface area contributed by atoms with E-state index in [1.807, 2.05) is 16.7 Å². The molecule has 0 radical (unpaired) electrons. The normalized spacial score (nSPS) is 12.6. The van der Waals surface area contributed by atoms with Crippen molar-refractivity contribution in [3.8, 4) is 5.75 Å². The molecule has 27 heavy (non-hydrogen) atoms. The van der Waals surface area contributed by atoms with Gasteiger partial charge in [-0.2, -0.15) is 0 Å². The minimum atomic E-state index is 0.482. The van der Waals surface area contributed by atoms with E-state index in [0.29, 0.717) is 5.92 Å². The van der Waals surface area contributed by atoms with Gasteiger partial charge >= 0.3 is 0 Å². The number of benzene rings is 1. The number of aryl methyl sites for hydroxylation is 1. The highest BCUT2D eigenvalue weighted by Crippen LogP contribution is 2.21. The van der Waals surface area contributed by atoms with Gasteiger partial charge in [0.25, 0.3) is 0 Å². The van der Waals surface area contributed by atoms with Crippen LogP contribution in [0.5, 0.6) is 5.75 Å². The molecule has 2 rings (SSSR count). The Morgan fingerprint density at radius 3 is 2.56 bits per heavy atom. The van der Waals surface area contributed by atoms with Crippen LogP contribution >= 0.6 is 0 Å². The SMILES string of the molecule is CCNC(=NCCCCn1cnnc1)NCCC(C)c1ccc(OC)cc1. The maximum atomic E-state index is 5.22. The van der Waals surface area contributed by atoms with Crippen LogP contribution in [0.2, 0.25) is 0 Å². The Morgan fingerprint density at radius 2 is 1.89 bits per heavy atom. The summed E-state index contributed by atoms with van der Waals surface area (Å²) in [6, 6.07) is 8.31. The minimum Gasteiger partial charge on any atom is -0.497 e. The number of hydrogen-bond donors (Lipinski definition) is 2.